The molecule has 0 radical (unpaired) electrons. The van der Waals surface area contributed by atoms with Gasteiger partial charge in [0.15, 0.2) is 5.96 Å². The molecule has 0 unspecified atom stereocenters. The van der Waals surface area contributed by atoms with E-state index in [0.29, 0.717) is 6.04 Å². The SMILES string of the molecule is CCc1nncn1CCNC(=NC)NCCN(C(C)C)C1CC1. The Morgan fingerprint density at radius 1 is 1.39 bits per heavy atom. The summed E-state index contributed by atoms with van der Waals surface area (Å²) in [4.78, 5) is 6.86. The lowest BCUT2D eigenvalue weighted by Gasteiger charge is -2.26. The van der Waals surface area contributed by atoms with E-state index in [1.165, 1.54) is 12.8 Å². The van der Waals surface area contributed by atoms with Crippen LogP contribution in [-0.4, -0.2) is 64.4 Å². The highest BCUT2D eigenvalue weighted by Crippen LogP contribution is 2.27. The van der Waals surface area contributed by atoms with E-state index in [0.717, 1.165) is 50.4 Å². The Bertz CT molecular complexity index is 488. The van der Waals surface area contributed by atoms with Crippen molar-refractivity contribution in [2.45, 2.75) is 58.7 Å². The van der Waals surface area contributed by atoms with Gasteiger partial charge in [0.1, 0.15) is 12.2 Å². The summed E-state index contributed by atoms with van der Waals surface area (Å²) in [6.07, 6.45) is 5.39. The number of hydrogen-bond donors (Lipinski definition) is 2. The molecular formula is C16H31N7. The molecular weight excluding hydrogens is 290 g/mol. The van der Waals surface area contributed by atoms with Crippen LogP contribution in [-0.2, 0) is 13.0 Å². The summed E-state index contributed by atoms with van der Waals surface area (Å²) in [5, 5.41) is 14.8. The molecule has 0 saturated heterocycles. The average Bonchev–Trinajstić information content (AvgIpc) is 3.27. The van der Waals surface area contributed by atoms with Gasteiger partial charge in [-0.3, -0.25) is 9.89 Å². The minimum absolute atomic E-state index is 0.612. The van der Waals surface area contributed by atoms with Crippen LogP contribution in [0.1, 0.15) is 39.4 Å². The summed E-state index contributed by atoms with van der Waals surface area (Å²) in [7, 11) is 1.81. The Morgan fingerprint density at radius 3 is 2.74 bits per heavy atom. The molecule has 0 aromatic carbocycles. The maximum atomic E-state index is 4.29. The summed E-state index contributed by atoms with van der Waals surface area (Å²) in [5.74, 6) is 1.88. The molecule has 23 heavy (non-hydrogen) atoms. The van der Waals surface area contributed by atoms with Gasteiger partial charge in [-0.1, -0.05) is 6.92 Å². The van der Waals surface area contributed by atoms with Gasteiger partial charge < -0.3 is 15.2 Å². The molecule has 2 rings (SSSR count). The molecule has 1 aromatic heterocycles. The van der Waals surface area contributed by atoms with Crippen molar-refractivity contribution < 1.29 is 0 Å². The zero-order valence-electron chi connectivity index (χ0n) is 14.9. The van der Waals surface area contributed by atoms with E-state index < -0.39 is 0 Å². The van der Waals surface area contributed by atoms with Crippen LogP contribution < -0.4 is 10.6 Å². The second-order valence-corrected chi connectivity index (χ2v) is 6.28. The van der Waals surface area contributed by atoms with E-state index >= 15 is 0 Å². The number of aryl methyl sites for hydroxylation is 1. The molecule has 0 amide bonds. The van der Waals surface area contributed by atoms with Gasteiger partial charge >= 0.3 is 0 Å². The number of guanidine groups is 1. The zero-order valence-corrected chi connectivity index (χ0v) is 14.9. The number of aromatic nitrogens is 3. The molecule has 0 aliphatic heterocycles. The normalized spacial score (nSPS) is 15.5. The Morgan fingerprint density at radius 2 is 2.13 bits per heavy atom. The number of nitrogens with zero attached hydrogens (tertiary/aromatic N) is 5. The van der Waals surface area contributed by atoms with Crippen LogP contribution in [0.25, 0.3) is 0 Å². The van der Waals surface area contributed by atoms with Gasteiger partial charge in [-0.2, -0.15) is 0 Å². The predicted octanol–water partition coefficient (Wildman–Crippen LogP) is 0.878. The van der Waals surface area contributed by atoms with Gasteiger partial charge in [-0.15, -0.1) is 10.2 Å². The van der Waals surface area contributed by atoms with E-state index in [9.17, 15) is 0 Å². The van der Waals surface area contributed by atoms with Crippen LogP contribution in [0.15, 0.2) is 11.3 Å². The highest BCUT2D eigenvalue weighted by Gasteiger charge is 2.30. The maximum absolute atomic E-state index is 4.29. The van der Waals surface area contributed by atoms with Gasteiger partial charge in [-0.25, -0.2) is 0 Å². The summed E-state index contributed by atoms with van der Waals surface area (Å²) in [5.41, 5.74) is 0. The van der Waals surface area contributed by atoms with E-state index in [2.05, 4.69) is 56.1 Å². The van der Waals surface area contributed by atoms with Crippen molar-refractivity contribution in [1.29, 1.82) is 0 Å². The Hall–Kier alpha value is -1.63. The van der Waals surface area contributed by atoms with E-state index in [1.54, 1.807) is 6.33 Å². The number of hydrogen-bond acceptors (Lipinski definition) is 4. The molecule has 1 heterocycles. The van der Waals surface area contributed by atoms with Crippen LogP contribution >= 0.6 is 0 Å². The molecule has 1 aliphatic rings. The molecule has 130 valence electrons. The monoisotopic (exact) mass is 321 g/mol. The van der Waals surface area contributed by atoms with Crippen molar-refractivity contribution in [3.8, 4) is 0 Å². The van der Waals surface area contributed by atoms with Gasteiger partial charge in [0.25, 0.3) is 0 Å². The number of nitrogens with one attached hydrogen (secondary N) is 2. The van der Waals surface area contributed by atoms with Crippen LogP contribution in [0.3, 0.4) is 0 Å². The molecule has 7 heteroatoms. The molecule has 7 nitrogen and oxygen atoms in total. The van der Waals surface area contributed by atoms with Crippen molar-refractivity contribution in [2.75, 3.05) is 26.7 Å². The van der Waals surface area contributed by atoms with Crippen molar-refractivity contribution in [2.24, 2.45) is 4.99 Å². The first kappa shape index (κ1) is 17.7. The summed E-state index contributed by atoms with van der Waals surface area (Å²) >= 11 is 0. The first-order chi connectivity index (χ1) is 11.2. The van der Waals surface area contributed by atoms with Crippen LogP contribution in [0.5, 0.6) is 0 Å². The molecule has 0 spiro atoms. The molecule has 2 N–H and O–H groups in total. The van der Waals surface area contributed by atoms with E-state index in [-0.39, 0.29) is 0 Å². The smallest absolute Gasteiger partial charge is 0.191 e. The van der Waals surface area contributed by atoms with Crippen molar-refractivity contribution in [1.82, 2.24) is 30.3 Å². The second kappa shape index (κ2) is 8.86. The molecule has 1 aromatic rings. The molecule has 0 bridgehead atoms. The van der Waals surface area contributed by atoms with Gasteiger partial charge in [0.05, 0.1) is 0 Å². The van der Waals surface area contributed by atoms with Crippen molar-refractivity contribution in [3.05, 3.63) is 12.2 Å². The minimum atomic E-state index is 0.612. The summed E-state index contributed by atoms with van der Waals surface area (Å²) in [6, 6.07) is 1.41. The van der Waals surface area contributed by atoms with Crippen LogP contribution in [0, 0.1) is 0 Å². The third-order valence-corrected chi connectivity index (χ3v) is 4.22. The molecule has 1 fully saturated rings. The van der Waals surface area contributed by atoms with Gasteiger partial charge in [0, 0.05) is 51.7 Å². The lowest BCUT2D eigenvalue weighted by molar-refractivity contribution is 0.215. The Kier molecular flexibility index (Phi) is 6.83. The predicted molar refractivity (Wildman–Crippen MR) is 93.6 cm³/mol. The maximum Gasteiger partial charge on any atom is 0.191 e. The minimum Gasteiger partial charge on any atom is -0.355 e. The van der Waals surface area contributed by atoms with Gasteiger partial charge in [0.2, 0.25) is 0 Å². The lowest BCUT2D eigenvalue weighted by Crippen LogP contribution is -2.44. The second-order valence-electron chi connectivity index (χ2n) is 6.28. The summed E-state index contributed by atoms with van der Waals surface area (Å²) in [6.45, 7) is 10.3. The fourth-order valence-corrected chi connectivity index (χ4v) is 2.83. The summed E-state index contributed by atoms with van der Waals surface area (Å²) < 4.78 is 2.08. The first-order valence-electron chi connectivity index (χ1n) is 8.72. The Labute approximate surface area is 139 Å². The topological polar surface area (TPSA) is 70.4 Å². The molecule has 1 saturated carbocycles. The number of aliphatic imine (C=N–C) groups is 1. The van der Waals surface area contributed by atoms with Gasteiger partial charge in [-0.05, 0) is 26.7 Å². The highest BCUT2D eigenvalue weighted by molar-refractivity contribution is 5.79. The fraction of sp³-hybridized carbons (Fsp3) is 0.812. The van der Waals surface area contributed by atoms with Crippen LogP contribution in [0.2, 0.25) is 0 Å². The van der Waals surface area contributed by atoms with E-state index in [4.69, 9.17) is 0 Å². The lowest BCUT2D eigenvalue weighted by atomic mass is 10.3. The van der Waals surface area contributed by atoms with E-state index in [1.807, 2.05) is 7.05 Å². The highest BCUT2D eigenvalue weighted by atomic mass is 15.3. The van der Waals surface area contributed by atoms with Crippen molar-refractivity contribution in [3.63, 3.8) is 0 Å². The average molecular weight is 321 g/mol. The first-order valence-corrected chi connectivity index (χ1v) is 8.72. The largest absolute Gasteiger partial charge is 0.355 e. The fourth-order valence-electron chi connectivity index (χ4n) is 2.83. The van der Waals surface area contributed by atoms with Crippen molar-refractivity contribution >= 4 is 5.96 Å². The Balaban J connectivity index is 1.67. The third-order valence-electron chi connectivity index (χ3n) is 4.22. The quantitative estimate of drug-likeness (QED) is 0.522. The molecule has 1 aliphatic carbocycles. The zero-order chi connectivity index (χ0) is 16.7. The molecule has 0 atom stereocenters. The standard InChI is InChI=1S/C16H31N7/c1-5-15-21-20-12-22(15)10-8-18-16(17-4)19-9-11-23(13(2)3)14-6-7-14/h12-14H,5-11H2,1-4H3,(H2,17,18,19). The van der Waals surface area contributed by atoms with Crippen LogP contribution in [0.4, 0.5) is 0 Å². The third kappa shape index (κ3) is 5.49. The number of rotatable bonds is 9.